The molecule has 0 spiro atoms. The lowest BCUT2D eigenvalue weighted by Crippen LogP contribution is -2.29. The highest BCUT2D eigenvalue weighted by Crippen LogP contribution is 2.33. The van der Waals surface area contributed by atoms with E-state index in [0.717, 1.165) is 37.8 Å². The molecule has 1 aliphatic rings. The quantitative estimate of drug-likeness (QED) is 0.832. The van der Waals surface area contributed by atoms with Crippen molar-refractivity contribution >= 4 is 5.69 Å². The number of hydrogen-bond donors (Lipinski definition) is 2. The fourth-order valence-electron chi connectivity index (χ4n) is 2.51. The van der Waals surface area contributed by atoms with Crippen LogP contribution in [0.25, 0.3) is 0 Å². The van der Waals surface area contributed by atoms with Gasteiger partial charge in [0.05, 0.1) is 5.56 Å². The number of nitrogens with two attached hydrogens (primary N) is 1. The van der Waals surface area contributed by atoms with Gasteiger partial charge < -0.3 is 11.1 Å². The van der Waals surface area contributed by atoms with Crippen molar-refractivity contribution in [2.45, 2.75) is 37.9 Å². The minimum Gasteiger partial charge on any atom is -0.385 e. The van der Waals surface area contributed by atoms with Gasteiger partial charge in [-0.05, 0) is 49.8 Å². The topological polar surface area (TPSA) is 38.0 Å². The van der Waals surface area contributed by atoms with Crippen LogP contribution in [0.15, 0.2) is 18.2 Å². The molecule has 0 radical (unpaired) electrons. The van der Waals surface area contributed by atoms with Gasteiger partial charge in [-0.15, -0.1) is 0 Å². The molecule has 0 bridgehead atoms. The van der Waals surface area contributed by atoms with E-state index in [4.69, 9.17) is 5.73 Å². The molecule has 1 aromatic carbocycles. The highest BCUT2D eigenvalue weighted by molar-refractivity contribution is 5.47. The third-order valence-corrected chi connectivity index (χ3v) is 3.76. The molecule has 6 heteroatoms. The van der Waals surface area contributed by atoms with Crippen LogP contribution in [0, 0.1) is 11.7 Å². The summed E-state index contributed by atoms with van der Waals surface area (Å²) < 4.78 is 50.9. The van der Waals surface area contributed by atoms with E-state index < -0.39 is 17.6 Å². The summed E-state index contributed by atoms with van der Waals surface area (Å²) in [6.07, 6.45) is -0.824. The van der Waals surface area contributed by atoms with Crippen molar-refractivity contribution in [1.82, 2.24) is 0 Å². The second kappa shape index (κ2) is 5.99. The molecule has 1 aliphatic carbocycles. The van der Waals surface area contributed by atoms with Gasteiger partial charge >= 0.3 is 6.18 Å². The molecule has 2 rings (SSSR count). The monoisotopic (exact) mass is 290 g/mol. The molecule has 20 heavy (non-hydrogen) atoms. The number of halogens is 4. The predicted molar refractivity (Wildman–Crippen MR) is 69.8 cm³/mol. The first-order valence-corrected chi connectivity index (χ1v) is 6.72. The van der Waals surface area contributed by atoms with Crippen molar-refractivity contribution in [3.8, 4) is 0 Å². The highest BCUT2D eigenvalue weighted by atomic mass is 19.4. The first-order chi connectivity index (χ1) is 9.36. The van der Waals surface area contributed by atoms with Gasteiger partial charge in [0.1, 0.15) is 5.82 Å². The molecule has 0 saturated heterocycles. The Labute approximate surface area is 115 Å². The van der Waals surface area contributed by atoms with Gasteiger partial charge in [-0.1, -0.05) is 0 Å². The second-order valence-electron chi connectivity index (χ2n) is 5.35. The van der Waals surface area contributed by atoms with Gasteiger partial charge in [-0.3, -0.25) is 0 Å². The summed E-state index contributed by atoms with van der Waals surface area (Å²) in [4.78, 5) is 0. The Morgan fingerprint density at radius 2 is 1.80 bits per heavy atom. The largest absolute Gasteiger partial charge is 0.419 e. The van der Waals surface area contributed by atoms with Gasteiger partial charge in [0.2, 0.25) is 0 Å². The van der Waals surface area contributed by atoms with Crippen molar-refractivity contribution in [2.75, 3.05) is 11.9 Å². The molecule has 0 atom stereocenters. The molecule has 0 heterocycles. The average molecular weight is 290 g/mol. The maximum Gasteiger partial charge on any atom is 0.419 e. The summed E-state index contributed by atoms with van der Waals surface area (Å²) in [6, 6.07) is 3.25. The molecule has 3 N–H and O–H groups in total. The van der Waals surface area contributed by atoms with E-state index in [1.165, 1.54) is 6.07 Å². The number of anilines is 1. The molecule has 0 aliphatic heterocycles. The fraction of sp³-hybridized carbons (Fsp3) is 0.571. The van der Waals surface area contributed by atoms with E-state index >= 15 is 0 Å². The second-order valence-corrected chi connectivity index (χ2v) is 5.35. The molecule has 2 nitrogen and oxygen atoms in total. The predicted octanol–water partition coefficient (Wildman–Crippen LogP) is 3.77. The number of rotatable bonds is 3. The van der Waals surface area contributed by atoms with Gasteiger partial charge in [0, 0.05) is 18.3 Å². The Morgan fingerprint density at radius 3 is 2.40 bits per heavy atom. The first-order valence-electron chi connectivity index (χ1n) is 6.72. The van der Waals surface area contributed by atoms with Crippen molar-refractivity contribution in [3.63, 3.8) is 0 Å². The van der Waals surface area contributed by atoms with Gasteiger partial charge in [-0.25, -0.2) is 4.39 Å². The summed E-state index contributed by atoms with van der Waals surface area (Å²) in [5.41, 5.74) is 4.87. The standard InChI is InChI=1S/C14H18F4N2/c15-13-6-5-11(7-12(13)14(16,17)18)20-8-9-1-3-10(19)4-2-9/h5-7,9-10,20H,1-4,8,19H2. The Bertz CT molecular complexity index is 451. The van der Waals surface area contributed by atoms with Crippen LogP contribution in [-0.4, -0.2) is 12.6 Å². The van der Waals surface area contributed by atoms with Crippen LogP contribution in [-0.2, 0) is 6.18 Å². The minimum atomic E-state index is -4.67. The Balaban J connectivity index is 1.96. The zero-order valence-electron chi connectivity index (χ0n) is 11.0. The van der Waals surface area contributed by atoms with E-state index in [1.807, 2.05) is 0 Å². The first kappa shape index (κ1) is 15.1. The van der Waals surface area contributed by atoms with E-state index in [1.54, 1.807) is 0 Å². The lowest BCUT2D eigenvalue weighted by Gasteiger charge is -2.26. The Morgan fingerprint density at radius 1 is 1.15 bits per heavy atom. The van der Waals surface area contributed by atoms with Crippen LogP contribution in [0.1, 0.15) is 31.2 Å². The Hall–Kier alpha value is -1.30. The van der Waals surface area contributed by atoms with Crippen LogP contribution in [0.5, 0.6) is 0 Å². The lowest BCUT2D eigenvalue weighted by atomic mass is 9.86. The fourth-order valence-corrected chi connectivity index (χ4v) is 2.51. The highest BCUT2D eigenvalue weighted by Gasteiger charge is 2.34. The van der Waals surface area contributed by atoms with Gasteiger partial charge in [0.25, 0.3) is 0 Å². The van der Waals surface area contributed by atoms with E-state index in [-0.39, 0.29) is 6.04 Å². The molecular weight excluding hydrogens is 272 g/mol. The van der Waals surface area contributed by atoms with Crippen molar-refractivity contribution in [3.05, 3.63) is 29.6 Å². The normalized spacial score (nSPS) is 23.6. The van der Waals surface area contributed by atoms with Crippen molar-refractivity contribution < 1.29 is 17.6 Å². The van der Waals surface area contributed by atoms with Crippen molar-refractivity contribution in [2.24, 2.45) is 11.7 Å². The van der Waals surface area contributed by atoms with Gasteiger partial charge in [-0.2, -0.15) is 13.2 Å². The Kier molecular flexibility index (Phi) is 4.52. The number of nitrogens with one attached hydrogen (secondary N) is 1. The maximum absolute atomic E-state index is 13.1. The SMILES string of the molecule is NC1CCC(CNc2ccc(F)c(C(F)(F)F)c2)CC1. The molecule has 1 saturated carbocycles. The van der Waals surface area contributed by atoms with Crippen LogP contribution in [0.3, 0.4) is 0 Å². The summed E-state index contributed by atoms with van der Waals surface area (Å²) in [5, 5.41) is 2.96. The summed E-state index contributed by atoms with van der Waals surface area (Å²) in [7, 11) is 0. The molecular formula is C14H18F4N2. The molecule has 1 aromatic rings. The summed E-state index contributed by atoms with van der Waals surface area (Å²) in [6.45, 7) is 0.593. The van der Waals surface area contributed by atoms with Gasteiger partial charge in [0.15, 0.2) is 0 Å². The average Bonchev–Trinajstić information content (AvgIpc) is 2.38. The van der Waals surface area contributed by atoms with Crippen molar-refractivity contribution in [1.29, 1.82) is 0 Å². The van der Waals surface area contributed by atoms with E-state index in [9.17, 15) is 17.6 Å². The number of benzene rings is 1. The third-order valence-electron chi connectivity index (χ3n) is 3.76. The third kappa shape index (κ3) is 3.85. The summed E-state index contributed by atoms with van der Waals surface area (Å²) >= 11 is 0. The summed E-state index contributed by atoms with van der Waals surface area (Å²) in [5.74, 6) is -0.833. The molecule has 1 fully saturated rings. The zero-order valence-corrected chi connectivity index (χ0v) is 11.0. The smallest absolute Gasteiger partial charge is 0.385 e. The minimum absolute atomic E-state index is 0.244. The lowest BCUT2D eigenvalue weighted by molar-refractivity contribution is -0.139. The zero-order chi connectivity index (χ0) is 14.8. The number of hydrogen-bond acceptors (Lipinski definition) is 2. The van der Waals surface area contributed by atoms with E-state index in [2.05, 4.69) is 5.32 Å². The molecule has 112 valence electrons. The van der Waals surface area contributed by atoms with Crippen LogP contribution in [0.2, 0.25) is 0 Å². The molecule has 0 amide bonds. The molecule has 0 unspecified atom stereocenters. The number of alkyl halides is 3. The van der Waals surface area contributed by atoms with E-state index in [0.29, 0.717) is 18.2 Å². The van der Waals surface area contributed by atoms with Crippen LogP contribution < -0.4 is 11.1 Å². The molecule has 0 aromatic heterocycles. The van der Waals surface area contributed by atoms with Crippen LogP contribution in [0.4, 0.5) is 23.2 Å². The van der Waals surface area contributed by atoms with Crippen LogP contribution >= 0.6 is 0 Å². The maximum atomic E-state index is 13.1.